The van der Waals surface area contributed by atoms with Crippen LogP contribution in [0, 0.1) is 5.92 Å². The molecule has 0 aliphatic rings. The van der Waals surface area contributed by atoms with E-state index in [-0.39, 0.29) is 5.91 Å². The third-order valence-corrected chi connectivity index (χ3v) is 3.20. The molecule has 0 heterocycles. The van der Waals surface area contributed by atoms with Gasteiger partial charge in [-0.15, -0.1) is 0 Å². The van der Waals surface area contributed by atoms with Gasteiger partial charge in [0.2, 0.25) is 5.91 Å². The molecule has 4 heteroatoms. The molecule has 1 aromatic rings. The first-order valence-corrected chi connectivity index (χ1v) is 6.62. The average molecular weight is 299 g/mol. The maximum absolute atomic E-state index is 11.5. The Morgan fingerprint density at radius 3 is 2.65 bits per heavy atom. The van der Waals surface area contributed by atoms with E-state index in [0.29, 0.717) is 25.4 Å². The lowest BCUT2D eigenvalue weighted by molar-refractivity contribution is -0.121. The summed E-state index contributed by atoms with van der Waals surface area (Å²) in [6, 6.07) is 7.93. The maximum Gasteiger partial charge on any atom is 0.220 e. The van der Waals surface area contributed by atoms with E-state index in [2.05, 4.69) is 28.2 Å². The van der Waals surface area contributed by atoms with Crippen LogP contribution in [0.1, 0.15) is 25.3 Å². The summed E-state index contributed by atoms with van der Waals surface area (Å²) in [6.07, 6.45) is 1.40. The summed E-state index contributed by atoms with van der Waals surface area (Å²) in [5.41, 5.74) is 6.61. The minimum atomic E-state index is 0.0909. The molecule has 1 unspecified atom stereocenters. The Labute approximate surface area is 111 Å². The van der Waals surface area contributed by atoms with Crippen LogP contribution in [0.15, 0.2) is 28.7 Å². The lowest BCUT2D eigenvalue weighted by Crippen LogP contribution is -2.23. The summed E-state index contributed by atoms with van der Waals surface area (Å²) < 4.78 is 1.05. The second-order valence-corrected chi connectivity index (χ2v) is 5.20. The fourth-order valence-corrected chi connectivity index (χ4v) is 1.65. The van der Waals surface area contributed by atoms with E-state index in [9.17, 15) is 4.79 Å². The van der Waals surface area contributed by atoms with Crippen molar-refractivity contribution in [2.24, 2.45) is 11.7 Å². The van der Waals surface area contributed by atoms with E-state index < -0.39 is 0 Å². The van der Waals surface area contributed by atoms with Crippen molar-refractivity contribution in [1.82, 2.24) is 5.32 Å². The fourth-order valence-electron chi connectivity index (χ4n) is 1.39. The zero-order valence-electron chi connectivity index (χ0n) is 10.1. The van der Waals surface area contributed by atoms with E-state index in [1.165, 1.54) is 0 Å². The molecule has 0 aromatic heterocycles. The summed E-state index contributed by atoms with van der Waals surface area (Å²) in [4.78, 5) is 11.5. The Morgan fingerprint density at radius 2 is 2.06 bits per heavy atom. The molecule has 3 nitrogen and oxygen atoms in total. The molecule has 1 rings (SSSR count). The molecule has 0 saturated carbocycles. The zero-order valence-corrected chi connectivity index (χ0v) is 11.7. The van der Waals surface area contributed by atoms with Crippen molar-refractivity contribution in [2.45, 2.75) is 26.3 Å². The first kappa shape index (κ1) is 14.2. The van der Waals surface area contributed by atoms with E-state index >= 15 is 0 Å². The van der Waals surface area contributed by atoms with Crippen molar-refractivity contribution in [1.29, 1.82) is 0 Å². The summed E-state index contributed by atoms with van der Waals surface area (Å²) in [5.74, 6) is 0.502. The molecule has 0 fully saturated rings. The molecule has 0 bridgehead atoms. The Hall–Kier alpha value is -0.870. The van der Waals surface area contributed by atoms with Gasteiger partial charge in [0.15, 0.2) is 0 Å². The number of hydrogen-bond acceptors (Lipinski definition) is 2. The molecule has 0 aliphatic carbocycles. The summed E-state index contributed by atoms with van der Waals surface area (Å²) in [5, 5.41) is 2.90. The van der Waals surface area contributed by atoms with Gasteiger partial charge >= 0.3 is 0 Å². The second kappa shape index (κ2) is 7.45. The molecule has 0 aliphatic heterocycles. The van der Waals surface area contributed by atoms with Crippen molar-refractivity contribution >= 4 is 21.8 Å². The molecule has 0 radical (unpaired) electrons. The van der Waals surface area contributed by atoms with Crippen molar-refractivity contribution in [3.8, 4) is 0 Å². The third-order valence-electron chi connectivity index (χ3n) is 2.67. The van der Waals surface area contributed by atoms with Gasteiger partial charge in [-0.25, -0.2) is 0 Å². The lowest BCUT2D eigenvalue weighted by Gasteiger charge is -2.08. The van der Waals surface area contributed by atoms with E-state index in [1.807, 2.05) is 24.3 Å². The monoisotopic (exact) mass is 298 g/mol. The third kappa shape index (κ3) is 5.84. The molecule has 17 heavy (non-hydrogen) atoms. The molecule has 94 valence electrons. The van der Waals surface area contributed by atoms with Gasteiger partial charge in [0, 0.05) is 17.4 Å². The quantitative estimate of drug-likeness (QED) is 0.847. The van der Waals surface area contributed by atoms with Crippen LogP contribution >= 0.6 is 15.9 Å². The highest BCUT2D eigenvalue weighted by molar-refractivity contribution is 9.10. The number of carbonyl (C=O) groups excluding carboxylic acids is 1. The summed E-state index contributed by atoms with van der Waals surface area (Å²) in [6.45, 7) is 3.28. The van der Waals surface area contributed by atoms with E-state index in [4.69, 9.17) is 5.73 Å². The number of nitrogens with one attached hydrogen (secondary N) is 1. The SMILES string of the molecule is CC(CN)CCC(=O)NCc1ccc(Br)cc1. The second-order valence-electron chi connectivity index (χ2n) is 4.28. The van der Waals surface area contributed by atoms with Crippen LogP contribution in [0.3, 0.4) is 0 Å². The highest BCUT2D eigenvalue weighted by Gasteiger charge is 2.05. The maximum atomic E-state index is 11.5. The number of nitrogens with two attached hydrogens (primary N) is 1. The Bertz CT molecular complexity index is 351. The Balaban J connectivity index is 2.26. The Morgan fingerprint density at radius 1 is 1.41 bits per heavy atom. The smallest absolute Gasteiger partial charge is 0.220 e. The largest absolute Gasteiger partial charge is 0.352 e. The van der Waals surface area contributed by atoms with E-state index in [0.717, 1.165) is 16.5 Å². The minimum absolute atomic E-state index is 0.0909. The van der Waals surface area contributed by atoms with Gasteiger partial charge in [-0.3, -0.25) is 4.79 Å². The molecule has 1 atom stereocenters. The molecule has 0 spiro atoms. The molecular weight excluding hydrogens is 280 g/mol. The predicted octanol–water partition coefficient (Wildman–Crippen LogP) is 2.44. The van der Waals surface area contributed by atoms with Crippen LogP contribution in [0.25, 0.3) is 0 Å². The first-order valence-electron chi connectivity index (χ1n) is 5.83. The lowest BCUT2D eigenvalue weighted by atomic mass is 10.1. The van der Waals surface area contributed by atoms with Gasteiger partial charge in [0.1, 0.15) is 0 Å². The Kier molecular flexibility index (Phi) is 6.22. The first-order chi connectivity index (χ1) is 8.11. The number of carbonyl (C=O) groups is 1. The highest BCUT2D eigenvalue weighted by Crippen LogP contribution is 2.10. The van der Waals surface area contributed by atoms with Gasteiger partial charge in [-0.2, -0.15) is 0 Å². The highest BCUT2D eigenvalue weighted by atomic mass is 79.9. The summed E-state index contributed by atoms with van der Waals surface area (Å²) in [7, 11) is 0. The van der Waals surface area contributed by atoms with Gasteiger partial charge < -0.3 is 11.1 Å². The molecule has 3 N–H and O–H groups in total. The van der Waals surface area contributed by atoms with Crippen molar-refractivity contribution in [3.63, 3.8) is 0 Å². The topological polar surface area (TPSA) is 55.1 Å². The fraction of sp³-hybridized carbons (Fsp3) is 0.462. The predicted molar refractivity (Wildman–Crippen MR) is 73.4 cm³/mol. The zero-order chi connectivity index (χ0) is 12.7. The number of halogens is 1. The normalized spacial score (nSPS) is 12.2. The number of amides is 1. The van der Waals surface area contributed by atoms with Crippen molar-refractivity contribution < 1.29 is 4.79 Å². The number of benzene rings is 1. The van der Waals surface area contributed by atoms with Crippen LogP contribution in [0.4, 0.5) is 0 Å². The standard InChI is InChI=1S/C13H19BrN2O/c1-10(8-15)2-7-13(17)16-9-11-3-5-12(14)6-4-11/h3-6,10H,2,7-9,15H2,1H3,(H,16,17). The summed E-state index contributed by atoms with van der Waals surface area (Å²) >= 11 is 3.37. The minimum Gasteiger partial charge on any atom is -0.352 e. The number of rotatable bonds is 6. The van der Waals surface area contributed by atoms with Crippen LogP contribution < -0.4 is 11.1 Å². The molecule has 1 amide bonds. The average Bonchev–Trinajstić information content (AvgIpc) is 2.35. The van der Waals surface area contributed by atoms with Crippen LogP contribution in [0.5, 0.6) is 0 Å². The van der Waals surface area contributed by atoms with Crippen molar-refractivity contribution in [3.05, 3.63) is 34.3 Å². The molecular formula is C13H19BrN2O. The van der Waals surface area contributed by atoms with Gasteiger partial charge in [-0.1, -0.05) is 35.0 Å². The van der Waals surface area contributed by atoms with Gasteiger partial charge in [-0.05, 0) is 36.6 Å². The molecule has 0 saturated heterocycles. The molecule has 1 aromatic carbocycles. The van der Waals surface area contributed by atoms with Crippen molar-refractivity contribution in [2.75, 3.05) is 6.54 Å². The van der Waals surface area contributed by atoms with Gasteiger partial charge in [0.05, 0.1) is 0 Å². The van der Waals surface area contributed by atoms with Gasteiger partial charge in [0.25, 0.3) is 0 Å². The van der Waals surface area contributed by atoms with Crippen LogP contribution in [-0.2, 0) is 11.3 Å². The van der Waals surface area contributed by atoms with Crippen LogP contribution in [0.2, 0.25) is 0 Å². The van der Waals surface area contributed by atoms with Crippen LogP contribution in [-0.4, -0.2) is 12.5 Å². The van der Waals surface area contributed by atoms with E-state index in [1.54, 1.807) is 0 Å². The number of hydrogen-bond donors (Lipinski definition) is 2.